The third-order valence-corrected chi connectivity index (χ3v) is 13.7. The summed E-state index contributed by atoms with van der Waals surface area (Å²) in [4.78, 5) is 77.0. The van der Waals surface area contributed by atoms with Gasteiger partial charge in [-0.15, -0.1) is 0 Å². The van der Waals surface area contributed by atoms with Crippen LogP contribution in [0.5, 0.6) is 5.75 Å². The van der Waals surface area contributed by atoms with Crippen molar-refractivity contribution >= 4 is 52.9 Å². The van der Waals surface area contributed by atoms with Crippen molar-refractivity contribution in [3.05, 3.63) is 52.0 Å². The predicted molar refractivity (Wildman–Crippen MR) is 235 cm³/mol. The molecule has 5 heterocycles. The molecule has 5 amide bonds. The molecule has 0 radical (unpaired) electrons. The molecular weight excluding hydrogens is 873 g/mol. The second kappa shape index (κ2) is 21.5. The molecule has 4 fully saturated rings. The van der Waals surface area contributed by atoms with Crippen LogP contribution in [-0.2, 0) is 42.9 Å². The van der Waals surface area contributed by atoms with Crippen molar-refractivity contribution in [2.45, 2.75) is 88.6 Å². The number of ether oxygens (including phenoxy) is 3. The Labute approximate surface area is 382 Å². The fourth-order valence-corrected chi connectivity index (χ4v) is 9.83. The maximum absolute atomic E-state index is 14.2. The van der Waals surface area contributed by atoms with E-state index in [1.807, 2.05) is 17.0 Å². The zero-order chi connectivity index (χ0) is 46.3. The number of halogens is 4. The Kier molecular flexibility index (Phi) is 15.9. The second-order valence-electron chi connectivity index (χ2n) is 17.5. The lowest BCUT2D eigenvalue weighted by atomic mass is 9.99. The van der Waals surface area contributed by atoms with Crippen molar-refractivity contribution in [2.24, 2.45) is 0 Å². The average molecular weight is 933 g/mol. The summed E-state index contributed by atoms with van der Waals surface area (Å²) in [7, 11) is 1.58. The van der Waals surface area contributed by atoms with Crippen molar-refractivity contribution in [1.82, 2.24) is 29.4 Å². The minimum atomic E-state index is -4.81. The van der Waals surface area contributed by atoms with Gasteiger partial charge < -0.3 is 44.9 Å². The topological polar surface area (TPSA) is 171 Å². The lowest BCUT2D eigenvalue weighted by Gasteiger charge is -2.43. The summed E-state index contributed by atoms with van der Waals surface area (Å²) in [6.07, 6.45) is -1.46. The largest absolute Gasteiger partial charge is 0.497 e. The van der Waals surface area contributed by atoms with Crippen LogP contribution in [0, 0.1) is 0 Å². The lowest BCUT2D eigenvalue weighted by Crippen LogP contribution is -2.55. The molecule has 3 N–H and O–H groups in total. The molecule has 0 aromatic heterocycles. The van der Waals surface area contributed by atoms with Crippen molar-refractivity contribution in [1.29, 1.82) is 0 Å². The summed E-state index contributed by atoms with van der Waals surface area (Å²) in [5.74, 6) is 0.0473. The number of hydrogen-bond acceptors (Lipinski definition) is 11. The number of piperazine rings is 1. The van der Waals surface area contributed by atoms with Gasteiger partial charge in [-0.1, -0.05) is 11.6 Å². The van der Waals surface area contributed by atoms with E-state index in [2.05, 4.69) is 15.1 Å². The SMILES string of the molecule is COc1ccc2c(c1)CCN(C1CCN(C(=O)O[C@H](Cc3cc(Cl)c(N)c(C(F)(F)F)c3)C(=O)N3CCC(N4CCN(CC(=O)OCCCN5CCCCC5=O)CC4)CC3)CC1)C(=O)N2. The van der Waals surface area contributed by atoms with Crippen LogP contribution in [0.2, 0.25) is 5.02 Å². The maximum atomic E-state index is 14.2. The highest BCUT2D eigenvalue weighted by molar-refractivity contribution is 6.33. The van der Waals surface area contributed by atoms with Gasteiger partial charge in [0.2, 0.25) is 5.91 Å². The monoisotopic (exact) mass is 932 g/mol. The van der Waals surface area contributed by atoms with Gasteiger partial charge in [0.05, 0.1) is 36.5 Å². The van der Waals surface area contributed by atoms with Gasteiger partial charge in [-0.05, 0) is 92.8 Å². The van der Waals surface area contributed by atoms with Gasteiger partial charge in [0.15, 0.2) is 6.10 Å². The Balaban J connectivity index is 0.912. The third-order valence-electron chi connectivity index (χ3n) is 13.3. The second-order valence-corrected chi connectivity index (χ2v) is 17.9. The summed E-state index contributed by atoms with van der Waals surface area (Å²) in [6.45, 7) is 6.26. The molecule has 356 valence electrons. The fraction of sp³-hybridized carbons (Fsp3) is 0.622. The normalized spacial score (nSPS) is 20.2. The van der Waals surface area contributed by atoms with E-state index >= 15 is 0 Å². The van der Waals surface area contributed by atoms with Crippen LogP contribution in [0.25, 0.3) is 0 Å². The molecule has 5 aliphatic rings. The van der Waals surface area contributed by atoms with Crippen LogP contribution in [0.4, 0.5) is 34.1 Å². The number of likely N-dealkylation sites (tertiary alicyclic amines) is 3. The van der Waals surface area contributed by atoms with Gasteiger partial charge in [-0.2, -0.15) is 13.2 Å². The number of nitrogens with one attached hydrogen (secondary N) is 1. The number of rotatable bonds is 13. The molecule has 0 spiro atoms. The Hall–Kier alpha value is -5.01. The Morgan fingerprint density at radius 2 is 1.58 bits per heavy atom. The number of nitrogen functional groups attached to an aromatic ring is 1. The highest BCUT2D eigenvalue weighted by Gasteiger charge is 2.39. The number of alkyl halides is 3. The number of nitrogens with two attached hydrogens (primary N) is 1. The van der Waals surface area contributed by atoms with E-state index in [0.29, 0.717) is 95.7 Å². The molecule has 2 aromatic carbocycles. The summed E-state index contributed by atoms with van der Waals surface area (Å²) in [5.41, 5.74) is 5.64. The Morgan fingerprint density at radius 1 is 0.877 bits per heavy atom. The minimum absolute atomic E-state index is 0.0396. The molecule has 0 aliphatic carbocycles. The molecule has 16 nitrogen and oxygen atoms in total. The molecule has 5 aliphatic heterocycles. The lowest BCUT2D eigenvalue weighted by molar-refractivity contribution is -0.145. The molecule has 4 saturated heterocycles. The van der Waals surface area contributed by atoms with Crippen LogP contribution in [-0.4, -0.2) is 170 Å². The van der Waals surface area contributed by atoms with E-state index in [1.165, 1.54) is 11.0 Å². The number of urea groups is 1. The maximum Gasteiger partial charge on any atom is 0.418 e. The van der Waals surface area contributed by atoms with Gasteiger partial charge in [-0.25, -0.2) is 9.59 Å². The summed E-state index contributed by atoms with van der Waals surface area (Å²) in [6, 6.07) is 7.37. The van der Waals surface area contributed by atoms with Crippen LogP contribution < -0.4 is 15.8 Å². The molecule has 0 bridgehead atoms. The molecule has 0 saturated carbocycles. The first-order chi connectivity index (χ1) is 31.2. The zero-order valence-electron chi connectivity index (χ0n) is 36.9. The van der Waals surface area contributed by atoms with Crippen molar-refractivity contribution in [3.8, 4) is 5.75 Å². The molecule has 65 heavy (non-hydrogen) atoms. The van der Waals surface area contributed by atoms with Crippen LogP contribution >= 0.6 is 11.6 Å². The quantitative estimate of drug-likeness (QED) is 0.156. The molecule has 20 heteroatoms. The molecule has 7 rings (SSSR count). The standard InChI is InChI=1S/C45H60ClF3N8O8/c1-63-34-6-7-37-31(28-34)8-19-57(43(61)51-37)33-11-17-56(18-12-33)44(62)65-38(27-30-25-35(45(47,48)49)41(50)36(46)26-30)42(60)55-15-9-32(10-16-55)53-22-20-52(21-23-53)29-40(59)64-24-4-14-54-13-3-2-5-39(54)58/h6-7,25-26,28,32-33,38H,2-5,8-24,27,29,50H2,1H3,(H,51,61)/t38-/m1/s1. The molecular formula is C45H60ClF3N8O8. The first-order valence-electron chi connectivity index (χ1n) is 22.7. The Morgan fingerprint density at radius 3 is 2.28 bits per heavy atom. The van der Waals surface area contributed by atoms with Crippen LogP contribution in [0.1, 0.15) is 68.1 Å². The van der Waals surface area contributed by atoms with E-state index in [-0.39, 0.29) is 73.2 Å². The molecule has 0 unspecified atom stereocenters. The van der Waals surface area contributed by atoms with Crippen LogP contribution in [0.15, 0.2) is 30.3 Å². The number of nitrogens with zero attached hydrogens (tertiary/aromatic N) is 6. The molecule has 2 aromatic rings. The number of esters is 1. The van der Waals surface area contributed by atoms with Gasteiger partial charge in [0, 0.05) is 103 Å². The van der Waals surface area contributed by atoms with Gasteiger partial charge in [0.1, 0.15) is 5.75 Å². The summed E-state index contributed by atoms with van der Waals surface area (Å²) < 4.78 is 58.6. The number of methoxy groups -OCH3 is 1. The van der Waals surface area contributed by atoms with E-state index < -0.39 is 35.5 Å². The highest BCUT2D eigenvalue weighted by Crippen LogP contribution is 2.38. The van der Waals surface area contributed by atoms with Gasteiger partial charge in [0.25, 0.3) is 5.91 Å². The number of carbonyl (C=O) groups excluding carboxylic acids is 5. The van der Waals surface area contributed by atoms with E-state index in [4.69, 9.17) is 31.5 Å². The minimum Gasteiger partial charge on any atom is -0.497 e. The zero-order valence-corrected chi connectivity index (χ0v) is 37.7. The third kappa shape index (κ3) is 12.3. The predicted octanol–water partition coefficient (Wildman–Crippen LogP) is 5.11. The van der Waals surface area contributed by atoms with E-state index in [1.54, 1.807) is 23.0 Å². The Bertz CT molecular complexity index is 2040. The number of amides is 5. The van der Waals surface area contributed by atoms with Gasteiger partial charge in [-0.3, -0.25) is 24.2 Å². The first-order valence-corrected chi connectivity index (χ1v) is 23.1. The number of benzene rings is 2. The van der Waals surface area contributed by atoms with Crippen LogP contribution in [0.3, 0.4) is 0 Å². The summed E-state index contributed by atoms with van der Waals surface area (Å²) in [5, 5.41) is 2.66. The fourth-order valence-electron chi connectivity index (χ4n) is 9.59. The van der Waals surface area contributed by atoms with Gasteiger partial charge >= 0.3 is 24.3 Å². The first kappa shape index (κ1) is 47.9. The van der Waals surface area contributed by atoms with Crippen molar-refractivity contribution < 1.29 is 51.4 Å². The summed E-state index contributed by atoms with van der Waals surface area (Å²) >= 11 is 6.16. The van der Waals surface area contributed by atoms with Crippen molar-refractivity contribution in [3.63, 3.8) is 0 Å². The smallest absolute Gasteiger partial charge is 0.418 e. The van der Waals surface area contributed by atoms with Crippen molar-refractivity contribution in [2.75, 3.05) is 103 Å². The van der Waals surface area contributed by atoms with E-state index in [0.717, 1.165) is 44.1 Å². The van der Waals surface area contributed by atoms with E-state index in [9.17, 15) is 37.1 Å². The number of fused-ring (bicyclic) bond motifs is 1. The number of hydrogen-bond donors (Lipinski definition) is 2. The number of anilines is 2. The molecule has 1 atom stereocenters. The highest BCUT2D eigenvalue weighted by atomic mass is 35.5. The number of piperidine rings is 3. The average Bonchev–Trinajstić information content (AvgIpc) is 3.46. The number of carbonyl (C=O) groups is 5.